The van der Waals surface area contributed by atoms with Crippen LogP contribution in [0.1, 0.15) is 29.2 Å². The van der Waals surface area contributed by atoms with Crippen LogP contribution in [0.5, 0.6) is 0 Å². The lowest BCUT2D eigenvalue weighted by Gasteiger charge is -2.12. The van der Waals surface area contributed by atoms with Crippen molar-refractivity contribution in [3.63, 3.8) is 0 Å². The van der Waals surface area contributed by atoms with Gasteiger partial charge in [0, 0.05) is 29.2 Å². The van der Waals surface area contributed by atoms with Crippen molar-refractivity contribution >= 4 is 34.2 Å². The van der Waals surface area contributed by atoms with E-state index in [1.165, 1.54) is 6.92 Å². The molecule has 134 valence electrons. The highest BCUT2D eigenvalue weighted by atomic mass is 16.3. The minimum atomic E-state index is -0.146. The first-order chi connectivity index (χ1) is 12.4. The standard InChI is InChI=1S/C21H22N2O3/c1-12-8-9-17-16(11-26-21(17)13(12)2)10-20(25)23-19-7-5-6-18(14(19)3)22-15(4)24/h5-9,11H,10H2,1-4H3,(H,22,24)(H,23,25). The van der Waals surface area contributed by atoms with Crippen molar-refractivity contribution in [1.82, 2.24) is 0 Å². The van der Waals surface area contributed by atoms with Gasteiger partial charge in [-0.1, -0.05) is 18.2 Å². The zero-order chi connectivity index (χ0) is 18.8. The van der Waals surface area contributed by atoms with Gasteiger partial charge in [0.1, 0.15) is 5.58 Å². The van der Waals surface area contributed by atoms with E-state index in [9.17, 15) is 9.59 Å². The highest BCUT2D eigenvalue weighted by molar-refractivity contribution is 5.98. The third-order valence-corrected chi connectivity index (χ3v) is 4.61. The van der Waals surface area contributed by atoms with E-state index in [0.29, 0.717) is 11.4 Å². The van der Waals surface area contributed by atoms with Crippen LogP contribution in [-0.4, -0.2) is 11.8 Å². The molecule has 0 aliphatic heterocycles. The maximum atomic E-state index is 12.5. The van der Waals surface area contributed by atoms with Crippen molar-refractivity contribution in [2.45, 2.75) is 34.1 Å². The van der Waals surface area contributed by atoms with Crippen LogP contribution in [0.15, 0.2) is 41.0 Å². The molecule has 2 N–H and O–H groups in total. The van der Waals surface area contributed by atoms with Crippen LogP contribution in [0.4, 0.5) is 11.4 Å². The summed E-state index contributed by atoms with van der Waals surface area (Å²) in [4.78, 5) is 23.8. The molecule has 0 fully saturated rings. The Morgan fingerprint density at radius 1 is 0.962 bits per heavy atom. The first-order valence-electron chi connectivity index (χ1n) is 8.50. The molecule has 1 heterocycles. The summed E-state index contributed by atoms with van der Waals surface area (Å²) in [6.07, 6.45) is 1.87. The van der Waals surface area contributed by atoms with E-state index in [-0.39, 0.29) is 18.2 Å². The van der Waals surface area contributed by atoms with Crippen molar-refractivity contribution in [2.24, 2.45) is 0 Å². The number of aryl methyl sites for hydroxylation is 2. The predicted octanol–water partition coefficient (Wildman–Crippen LogP) is 4.50. The number of fused-ring (bicyclic) bond motifs is 1. The van der Waals surface area contributed by atoms with Gasteiger partial charge in [-0.3, -0.25) is 9.59 Å². The highest BCUT2D eigenvalue weighted by Crippen LogP contribution is 2.28. The zero-order valence-electron chi connectivity index (χ0n) is 15.4. The van der Waals surface area contributed by atoms with E-state index >= 15 is 0 Å². The number of rotatable bonds is 4. The van der Waals surface area contributed by atoms with Gasteiger partial charge < -0.3 is 15.1 Å². The molecule has 0 aliphatic carbocycles. The molecule has 2 aromatic carbocycles. The molecule has 3 aromatic rings. The van der Waals surface area contributed by atoms with Crippen LogP contribution in [0.25, 0.3) is 11.0 Å². The van der Waals surface area contributed by atoms with Gasteiger partial charge in [-0.2, -0.15) is 0 Å². The van der Waals surface area contributed by atoms with E-state index in [2.05, 4.69) is 10.6 Å². The van der Waals surface area contributed by atoms with Crippen molar-refractivity contribution < 1.29 is 14.0 Å². The Kier molecular flexibility index (Phi) is 4.80. The lowest BCUT2D eigenvalue weighted by molar-refractivity contribution is -0.115. The number of benzene rings is 2. The normalized spacial score (nSPS) is 10.8. The van der Waals surface area contributed by atoms with Crippen LogP contribution in [0.2, 0.25) is 0 Å². The SMILES string of the molecule is CC(=O)Nc1cccc(NC(=O)Cc2coc3c(C)c(C)ccc23)c1C. The van der Waals surface area contributed by atoms with Crippen LogP contribution in [-0.2, 0) is 16.0 Å². The van der Waals surface area contributed by atoms with Gasteiger partial charge >= 0.3 is 0 Å². The average molecular weight is 350 g/mol. The largest absolute Gasteiger partial charge is 0.464 e. The number of furan rings is 1. The van der Waals surface area contributed by atoms with Gasteiger partial charge in [-0.05, 0) is 49.6 Å². The number of amides is 2. The topological polar surface area (TPSA) is 71.3 Å². The Morgan fingerprint density at radius 3 is 2.35 bits per heavy atom. The van der Waals surface area contributed by atoms with Crippen LogP contribution in [0, 0.1) is 20.8 Å². The van der Waals surface area contributed by atoms with Crippen LogP contribution >= 0.6 is 0 Å². The number of hydrogen-bond acceptors (Lipinski definition) is 3. The molecule has 0 spiro atoms. The van der Waals surface area contributed by atoms with Crippen molar-refractivity contribution in [1.29, 1.82) is 0 Å². The molecule has 0 unspecified atom stereocenters. The zero-order valence-corrected chi connectivity index (χ0v) is 15.4. The Labute approximate surface area is 152 Å². The fourth-order valence-corrected chi connectivity index (χ4v) is 2.99. The van der Waals surface area contributed by atoms with Crippen LogP contribution in [0.3, 0.4) is 0 Å². The Morgan fingerprint density at radius 2 is 1.65 bits per heavy atom. The van der Waals surface area contributed by atoms with E-state index in [1.807, 2.05) is 39.0 Å². The van der Waals surface area contributed by atoms with E-state index < -0.39 is 0 Å². The number of hydrogen-bond donors (Lipinski definition) is 2. The van der Waals surface area contributed by atoms with E-state index in [0.717, 1.165) is 33.2 Å². The Bertz CT molecular complexity index is 1000. The van der Waals surface area contributed by atoms with Gasteiger partial charge in [0.25, 0.3) is 0 Å². The Balaban J connectivity index is 1.80. The fourth-order valence-electron chi connectivity index (χ4n) is 2.99. The quantitative estimate of drug-likeness (QED) is 0.728. The molecule has 0 saturated carbocycles. The highest BCUT2D eigenvalue weighted by Gasteiger charge is 2.14. The third kappa shape index (κ3) is 3.47. The summed E-state index contributed by atoms with van der Waals surface area (Å²) in [5.74, 6) is -0.277. The summed E-state index contributed by atoms with van der Waals surface area (Å²) in [6, 6.07) is 9.45. The Hall–Kier alpha value is -3.08. The molecule has 0 aliphatic rings. The molecule has 1 aromatic heterocycles. The minimum absolute atomic E-state index is 0.131. The molecule has 5 nitrogen and oxygen atoms in total. The van der Waals surface area contributed by atoms with Gasteiger partial charge in [-0.25, -0.2) is 0 Å². The summed E-state index contributed by atoms with van der Waals surface area (Å²) >= 11 is 0. The van der Waals surface area contributed by atoms with Gasteiger partial charge in [-0.15, -0.1) is 0 Å². The number of carbonyl (C=O) groups excluding carboxylic acids is 2. The lowest BCUT2D eigenvalue weighted by atomic mass is 10.0. The molecular formula is C21H22N2O3. The van der Waals surface area contributed by atoms with Crippen molar-refractivity contribution in [2.75, 3.05) is 10.6 Å². The lowest BCUT2D eigenvalue weighted by Crippen LogP contribution is -2.16. The molecule has 0 radical (unpaired) electrons. The molecule has 26 heavy (non-hydrogen) atoms. The monoisotopic (exact) mass is 350 g/mol. The fraction of sp³-hybridized carbons (Fsp3) is 0.238. The predicted molar refractivity (Wildman–Crippen MR) is 104 cm³/mol. The second-order valence-corrected chi connectivity index (χ2v) is 6.53. The summed E-state index contributed by atoms with van der Waals surface area (Å²) < 4.78 is 5.67. The number of carbonyl (C=O) groups is 2. The first-order valence-corrected chi connectivity index (χ1v) is 8.50. The van der Waals surface area contributed by atoms with Crippen molar-refractivity contribution in [3.05, 3.63) is 58.8 Å². The van der Waals surface area contributed by atoms with Gasteiger partial charge in [0.05, 0.1) is 12.7 Å². The second-order valence-electron chi connectivity index (χ2n) is 6.53. The average Bonchev–Trinajstić information content (AvgIpc) is 2.98. The second kappa shape index (κ2) is 7.04. The molecule has 0 atom stereocenters. The summed E-state index contributed by atoms with van der Waals surface area (Å²) in [6.45, 7) is 7.37. The molecular weight excluding hydrogens is 328 g/mol. The van der Waals surface area contributed by atoms with Crippen molar-refractivity contribution in [3.8, 4) is 0 Å². The maximum Gasteiger partial charge on any atom is 0.228 e. The molecule has 2 amide bonds. The maximum absolute atomic E-state index is 12.5. The third-order valence-electron chi connectivity index (χ3n) is 4.61. The molecule has 5 heteroatoms. The van der Waals surface area contributed by atoms with Crippen LogP contribution < -0.4 is 10.6 Å². The van der Waals surface area contributed by atoms with Gasteiger partial charge in [0.2, 0.25) is 11.8 Å². The number of anilines is 2. The first kappa shape index (κ1) is 17.7. The number of nitrogens with one attached hydrogen (secondary N) is 2. The molecule has 0 saturated heterocycles. The molecule has 0 bridgehead atoms. The van der Waals surface area contributed by atoms with E-state index in [1.54, 1.807) is 18.4 Å². The minimum Gasteiger partial charge on any atom is -0.464 e. The smallest absolute Gasteiger partial charge is 0.228 e. The molecule has 3 rings (SSSR count). The van der Waals surface area contributed by atoms with Gasteiger partial charge in [0.15, 0.2) is 0 Å². The summed E-state index contributed by atoms with van der Waals surface area (Å²) in [5, 5.41) is 6.65. The summed E-state index contributed by atoms with van der Waals surface area (Å²) in [5.41, 5.74) is 6.13. The van der Waals surface area contributed by atoms with E-state index in [4.69, 9.17) is 4.42 Å². The summed E-state index contributed by atoms with van der Waals surface area (Å²) in [7, 11) is 0.